The third-order valence-corrected chi connectivity index (χ3v) is 3.76. The Morgan fingerprint density at radius 3 is 2.86 bits per heavy atom. The van der Waals surface area contributed by atoms with Gasteiger partial charge in [-0.05, 0) is 26.5 Å². The van der Waals surface area contributed by atoms with Crippen LogP contribution in [0.25, 0.3) is 0 Å². The van der Waals surface area contributed by atoms with E-state index in [2.05, 4.69) is 47.0 Å². The van der Waals surface area contributed by atoms with Gasteiger partial charge in [-0.2, -0.15) is 0 Å². The maximum absolute atomic E-state index is 5.52. The fourth-order valence-electron chi connectivity index (χ4n) is 2.63. The number of nitrogens with one attached hydrogen (secondary N) is 1. The molecular formula is C17H25N3O. The molecule has 0 radical (unpaired) electrons. The molecule has 0 bridgehead atoms. The summed E-state index contributed by atoms with van der Waals surface area (Å²) in [4.78, 5) is 4.45. The van der Waals surface area contributed by atoms with Crippen LogP contribution in [0, 0.1) is 6.92 Å². The number of imidazole rings is 1. The number of aromatic nitrogens is 2. The molecule has 0 aliphatic rings. The number of rotatable bonds is 7. The summed E-state index contributed by atoms with van der Waals surface area (Å²) in [5.74, 6) is 2.07. The first kappa shape index (κ1) is 15.6. The van der Waals surface area contributed by atoms with E-state index in [-0.39, 0.29) is 6.04 Å². The summed E-state index contributed by atoms with van der Waals surface area (Å²) < 4.78 is 7.74. The Hall–Kier alpha value is -1.81. The van der Waals surface area contributed by atoms with Crippen molar-refractivity contribution < 1.29 is 4.74 Å². The predicted molar refractivity (Wildman–Crippen MR) is 85.8 cm³/mol. The van der Waals surface area contributed by atoms with E-state index in [0.717, 1.165) is 31.0 Å². The summed E-state index contributed by atoms with van der Waals surface area (Å²) in [7, 11) is 3.71. The Morgan fingerprint density at radius 1 is 1.38 bits per heavy atom. The summed E-state index contributed by atoms with van der Waals surface area (Å²) in [6, 6.07) is 6.51. The van der Waals surface area contributed by atoms with Gasteiger partial charge in [-0.1, -0.05) is 24.6 Å². The van der Waals surface area contributed by atoms with E-state index in [1.807, 2.05) is 19.3 Å². The molecule has 0 spiro atoms. The van der Waals surface area contributed by atoms with Crippen molar-refractivity contribution in [1.29, 1.82) is 0 Å². The van der Waals surface area contributed by atoms with Crippen molar-refractivity contribution in [2.45, 2.75) is 39.3 Å². The van der Waals surface area contributed by atoms with E-state index >= 15 is 0 Å². The standard InChI is InChI=1S/C17H25N3O/c1-5-6-17-19-9-10-20(17)12-15(18-3)14-11-13(2)7-8-16(14)21-4/h7-11,15,18H,5-6,12H2,1-4H3. The Kier molecular flexibility index (Phi) is 5.39. The van der Waals surface area contributed by atoms with Crippen molar-refractivity contribution in [3.05, 3.63) is 47.5 Å². The number of hydrogen-bond acceptors (Lipinski definition) is 3. The van der Waals surface area contributed by atoms with E-state index < -0.39 is 0 Å². The number of likely N-dealkylation sites (N-methyl/N-ethyl adjacent to an activating group) is 1. The average Bonchev–Trinajstić information content (AvgIpc) is 2.92. The van der Waals surface area contributed by atoms with Gasteiger partial charge < -0.3 is 14.6 Å². The van der Waals surface area contributed by atoms with Crippen LogP contribution in [0.2, 0.25) is 0 Å². The molecule has 0 saturated heterocycles. The van der Waals surface area contributed by atoms with Crippen LogP contribution in [0.3, 0.4) is 0 Å². The van der Waals surface area contributed by atoms with Crippen LogP contribution in [0.5, 0.6) is 5.75 Å². The second-order valence-electron chi connectivity index (χ2n) is 5.33. The maximum Gasteiger partial charge on any atom is 0.123 e. The minimum absolute atomic E-state index is 0.199. The van der Waals surface area contributed by atoms with Gasteiger partial charge in [0.05, 0.1) is 13.2 Å². The van der Waals surface area contributed by atoms with Gasteiger partial charge in [0.25, 0.3) is 0 Å². The largest absolute Gasteiger partial charge is 0.496 e. The average molecular weight is 287 g/mol. The van der Waals surface area contributed by atoms with Gasteiger partial charge >= 0.3 is 0 Å². The van der Waals surface area contributed by atoms with Crippen LogP contribution in [-0.2, 0) is 13.0 Å². The molecule has 1 atom stereocenters. The summed E-state index contributed by atoms with van der Waals surface area (Å²) >= 11 is 0. The molecule has 21 heavy (non-hydrogen) atoms. The smallest absolute Gasteiger partial charge is 0.123 e. The lowest BCUT2D eigenvalue weighted by atomic mass is 10.0. The van der Waals surface area contributed by atoms with Gasteiger partial charge in [0.15, 0.2) is 0 Å². The fourth-order valence-corrected chi connectivity index (χ4v) is 2.63. The number of hydrogen-bond donors (Lipinski definition) is 1. The summed E-state index contributed by atoms with van der Waals surface area (Å²) in [6.07, 6.45) is 6.05. The number of nitrogens with zero attached hydrogens (tertiary/aromatic N) is 2. The lowest BCUT2D eigenvalue weighted by molar-refractivity contribution is 0.393. The molecule has 1 aromatic carbocycles. The minimum atomic E-state index is 0.199. The highest BCUT2D eigenvalue weighted by Gasteiger charge is 2.16. The highest BCUT2D eigenvalue weighted by atomic mass is 16.5. The Labute approximate surface area is 127 Å². The van der Waals surface area contributed by atoms with Gasteiger partial charge in [-0.25, -0.2) is 4.98 Å². The Bertz CT molecular complexity index is 577. The Morgan fingerprint density at radius 2 is 2.19 bits per heavy atom. The molecule has 1 heterocycles. The molecule has 0 saturated carbocycles. The third kappa shape index (κ3) is 3.64. The second kappa shape index (κ2) is 7.27. The summed E-state index contributed by atoms with van der Waals surface area (Å²) in [6.45, 7) is 5.14. The Balaban J connectivity index is 2.27. The topological polar surface area (TPSA) is 39.1 Å². The minimum Gasteiger partial charge on any atom is -0.496 e. The number of methoxy groups -OCH3 is 1. The molecule has 114 valence electrons. The molecule has 0 aliphatic carbocycles. The third-order valence-electron chi connectivity index (χ3n) is 3.76. The van der Waals surface area contributed by atoms with Crippen molar-refractivity contribution in [3.63, 3.8) is 0 Å². The van der Waals surface area contributed by atoms with E-state index in [1.165, 1.54) is 11.1 Å². The van der Waals surface area contributed by atoms with Crippen LogP contribution < -0.4 is 10.1 Å². The van der Waals surface area contributed by atoms with Crippen LogP contribution in [0.4, 0.5) is 0 Å². The molecule has 0 aliphatic heterocycles. The van der Waals surface area contributed by atoms with E-state index in [0.29, 0.717) is 0 Å². The SMILES string of the molecule is CCCc1nccn1CC(NC)c1cc(C)ccc1OC. The van der Waals surface area contributed by atoms with Gasteiger partial charge in [0, 0.05) is 30.9 Å². The maximum atomic E-state index is 5.52. The van der Waals surface area contributed by atoms with Crippen LogP contribution >= 0.6 is 0 Å². The molecule has 4 nitrogen and oxygen atoms in total. The fraction of sp³-hybridized carbons (Fsp3) is 0.471. The molecule has 4 heteroatoms. The van der Waals surface area contributed by atoms with Gasteiger partial charge in [0.2, 0.25) is 0 Å². The lowest BCUT2D eigenvalue weighted by Crippen LogP contribution is -2.23. The molecule has 1 aromatic heterocycles. The number of aryl methyl sites for hydroxylation is 2. The summed E-state index contributed by atoms with van der Waals surface area (Å²) in [5, 5.41) is 3.40. The quantitative estimate of drug-likeness (QED) is 0.850. The zero-order chi connectivity index (χ0) is 15.2. The van der Waals surface area contributed by atoms with E-state index in [9.17, 15) is 0 Å². The van der Waals surface area contributed by atoms with Crippen molar-refractivity contribution in [3.8, 4) is 5.75 Å². The van der Waals surface area contributed by atoms with Gasteiger partial charge in [0.1, 0.15) is 11.6 Å². The van der Waals surface area contributed by atoms with Crippen LogP contribution in [0.1, 0.15) is 36.3 Å². The second-order valence-corrected chi connectivity index (χ2v) is 5.33. The molecule has 0 amide bonds. The first-order chi connectivity index (χ1) is 10.2. The van der Waals surface area contributed by atoms with E-state index in [1.54, 1.807) is 7.11 Å². The van der Waals surface area contributed by atoms with Crippen LogP contribution in [-0.4, -0.2) is 23.7 Å². The summed E-state index contributed by atoms with van der Waals surface area (Å²) in [5.41, 5.74) is 2.43. The zero-order valence-corrected chi connectivity index (χ0v) is 13.4. The zero-order valence-electron chi connectivity index (χ0n) is 13.4. The lowest BCUT2D eigenvalue weighted by Gasteiger charge is -2.21. The molecule has 2 rings (SSSR count). The highest BCUT2D eigenvalue weighted by Crippen LogP contribution is 2.27. The molecule has 2 aromatic rings. The first-order valence-electron chi connectivity index (χ1n) is 7.51. The number of benzene rings is 1. The monoisotopic (exact) mass is 287 g/mol. The predicted octanol–water partition coefficient (Wildman–Crippen LogP) is 3.11. The number of ether oxygens (including phenoxy) is 1. The first-order valence-corrected chi connectivity index (χ1v) is 7.51. The van der Waals surface area contributed by atoms with Gasteiger partial charge in [-0.15, -0.1) is 0 Å². The van der Waals surface area contributed by atoms with E-state index in [4.69, 9.17) is 4.74 Å². The van der Waals surface area contributed by atoms with Gasteiger partial charge in [-0.3, -0.25) is 0 Å². The molecular weight excluding hydrogens is 262 g/mol. The highest BCUT2D eigenvalue weighted by molar-refractivity contribution is 5.39. The normalized spacial score (nSPS) is 12.4. The van der Waals surface area contributed by atoms with Crippen molar-refractivity contribution in [2.24, 2.45) is 0 Å². The molecule has 0 fully saturated rings. The van der Waals surface area contributed by atoms with Crippen LogP contribution in [0.15, 0.2) is 30.6 Å². The molecule has 1 unspecified atom stereocenters. The van der Waals surface area contributed by atoms with Crippen molar-refractivity contribution >= 4 is 0 Å². The molecule has 1 N–H and O–H groups in total. The van der Waals surface area contributed by atoms with Crippen molar-refractivity contribution in [1.82, 2.24) is 14.9 Å². The van der Waals surface area contributed by atoms with Crippen molar-refractivity contribution in [2.75, 3.05) is 14.2 Å².